The van der Waals surface area contributed by atoms with Crippen molar-refractivity contribution in [1.82, 2.24) is 14.8 Å². The molecule has 39 heavy (non-hydrogen) atoms. The van der Waals surface area contributed by atoms with Crippen molar-refractivity contribution in [3.8, 4) is 0 Å². The van der Waals surface area contributed by atoms with Crippen molar-refractivity contribution < 1.29 is 9.59 Å². The van der Waals surface area contributed by atoms with Crippen LogP contribution < -0.4 is 4.90 Å². The van der Waals surface area contributed by atoms with Crippen LogP contribution in [0.3, 0.4) is 0 Å². The first-order valence-corrected chi connectivity index (χ1v) is 14.7. The Morgan fingerprint density at radius 2 is 1.87 bits per heavy atom. The fourth-order valence-corrected chi connectivity index (χ4v) is 6.52. The lowest BCUT2D eigenvalue weighted by atomic mass is 9.94. The zero-order chi connectivity index (χ0) is 27.2. The van der Waals surface area contributed by atoms with Gasteiger partial charge in [-0.05, 0) is 81.0 Å². The van der Waals surface area contributed by atoms with E-state index >= 15 is 0 Å². The lowest BCUT2D eigenvalue weighted by Gasteiger charge is -2.39. The van der Waals surface area contributed by atoms with E-state index < -0.39 is 0 Å². The van der Waals surface area contributed by atoms with Crippen LogP contribution in [0.5, 0.6) is 0 Å². The molecule has 2 fully saturated rings. The van der Waals surface area contributed by atoms with E-state index in [4.69, 9.17) is 4.98 Å². The predicted octanol–water partition coefficient (Wildman–Crippen LogP) is 5.86. The van der Waals surface area contributed by atoms with Gasteiger partial charge in [0.1, 0.15) is 18.4 Å². The van der Waals surface area contributed by atoms with Gasteiger partial charge in [0.2, 0.25) is 0 Å². The van der Waals surface area contributed by atoms with Crippen molar-refractivity contribution >= 4 is 29.8 Å². The van der Waals surface area contributed by atoms with E-state index in [1.54, 1.807) is 0 Å². The molecule has 5 rings (SSSR count). The van der Waals surface area contributed by atoms with Crippen LogP contribution in [0.25, 0.3) is 11.4 Å². The van der Waals surface area contributed by atoms with E-state index in [9.17, 15) is 9.59 Å². The maximum Gasteiger partial charge on any atom is 0.142 e. The van der Waals surface area contributed by atoms with Gasteiger partial charge in [0, 0.05) is 49.9 Å². The quantitative estimate of drug-likeness (QED) is 0.342. The Hall–Kier alpha value is -3.41. The Balaban J connectivity index is 1.24. The summed E-state index contributed by atoms with van der Waals surface area (Å²) in [7, 11) is 0. The minimum Gasteiger partial charge on any atom is -0.367 e. The highest BCUT2D eigenvalue weighted by Gasteiger charge is 2.29. The van der Waals surface area contributed by atoms with Gasteiger partial charge in [-0.3, -0.25) is 0 Å². The molecule has 6 heteroatoms. The van der Waals surface area contributed by atoms with E-state index in [2.05, 4.69) is 59.4 Å². The smallest absolute Gasteiger partial charge is 0.142 e. The summed E-state index contributed by atoms with van der Waals surface area (Å²) in [5, 5.41) is 0. The Labute approximate surface area is 233 Å². The number of aldehydes is 2. The lowest BCUT2D eigenvalue weighted by molar-refractivity contribution is -0.112. The number of aromatic nitrogens is 1. The molecule has 0 amide bonds. The summed E-state index contributed by atoms with van der Waals surface area (Å²) >= 11 is 0. The van der Waals surface area contributed by atoms with E-state index in [1.165, 1.54) is 49.7 Å². The Bertz CT molecular complexity index is 1200. The molecular weight excluding hydrogens is 484 g/mol. The monoisotopic (exact) mass is 526 g/mol. The van der Waals surface area contributed by atoms with Gasteiger partial charge in [-0.1, -0.05) is 37.4 Å². The van der Waals surface area contributed by atoms with Gasteiger partial charge in [0.15, 0.2) is 0 Å². The lowest BCUT2D eigenvalue weighted by Crippen LogP contribution is -2.38. The molecule has 3 aliphatic heterocycles. The second-order valence-electron chi connectivity index (χ2n) is 11.3. The largest absolute Gasteiger partial charge is 0.367 e. The van der Waals surface area contributed by atoms with Crippen LogP contribution in [0.4, 0.5) is 5.82 Å². The van der Waals surface area contributed by atoms with Gasteiger partial charge in [-0.2, -0.15) is 0 Å². The van der Waals surface area contributed by atoms with Crippen LogP contribution in [-0.2, 0) is 22.6 Å². The molecule has 206 valence electrons. The van der Waals surface area contributed by atoms with Crippen molar-refractivity contribution in [2.45, 2.75) is 82.8 Å². The second kappa shape index (κ2) is 12.6. The number of hydrogen-bond donors (Lipinski definition) is 0. The van der Waals surface area contributed by atoms with Crippen molar-refractivity contribution in [3.05, 3.63) is 71.9 Å². The number of pyridine rings is 1. The standard InChI is InChI=1S/C33H42N4O2/c1-25-31-17-15-27(22-28(31)23-37(25)30(24-39)11-9-21-38)14-16-29-10-4-7-20-36(29)26(2)32-12-8-13-33(34-32)35-18-5-3-6-19-35/h8,12-13,15,17,21-22,24,29-30H,1-7,9-11,14,16,18-20,23H2. The summed E-state index contributed by atoms with van der Waals surface area (Å²) in [6, 6.07) is 13.2. The molecule has 0 radical (unpaired) electrons. The number of nitrogens with zero attached hydrogens (tertiary/aromatic N) is 4. The van der Waals surface area contributed by atoms with Crippen molar-refractivity contribution in [2.75, 3.05) is 24.5 Å². The molecular formula is C33H42N4O2. The molecule has 0 aliphatic carbocycles. The molecule has 4 heterocycles. The topological polar surface area (TPSA) is 56.8 Å². The number of carbonyl (C=O) groups excluding carboxylic acids is 2. The van der Waals surface area contributed by atoms with Gasteiger partial charge < -0.3 is 24.3 Å². The normalized spacial score (nSPS) is 20.1. The average Bonchev–Trinajstić information content (AvgIpc) is 3.32. The highest BCUT2D eigenvalue weighted by atomic mass is 16.1. The summed E-state index contributed by atoms with van der Waals surface area (Å²) in [6.45, 7) is 12.7. The fraction of sp³-hybridized carbons (Fsp3) is 0.485. The Kier molecular flexibility index (Phi) is 8.80. The average molecular weight is 527 g/mol. The first-order chi connectivity index (χ1) is 19.1. The molecule has 2 saturated heterocycles. The number of carbonyl (C=O) groups is 2. The molecule has 1 aromatic carbocycles. The highest BCUT2D eigenvalue weighted by Crippen LogP contribution is 2.35. The Morgan fingerprint density at radius 3 is 2.67 bits per heavy atom. The third-order valence-corrected chi connectivity index (χ3v) is 8.76. The van der Waals surface area contributed by atoms with Crippen LogP contribution in [0.15, 0.2) is 49.6 Å². The van der Waals surface area contributed by atoms with Crippen LogP contribution in [0, 0.1) is 0 Å². The minimum atomic E-state index is -0.303. The fourth-order valence-electron chi connectivity index (χ4n) is 6.52. The van der Waals surface area contributed by atoms with Crippen LogP contribution in [-0.4, -0.2) is 59.1 Å². The maximum absolute atomic E-state index is 11.7. The van der Waals surface area contributed by atoms with Gasteiger partial charge in [-0.25, -0.2) is 4.98 Å². The molecule has 2 atom stereocenters. The molecule has 0 N–H and O–H groups in total. The molecule has 6 nitrogen and oxygen atoms in total. The number of aryl methyl sites for hydroxylation is 1. The summed E-state index contributed by atoms with van der Waals surface area (Å²) in [6.07, 6.45) is 12.2. The van der Waals surface area contributed by atoms with E-state index in [-0.39, 0.29) is 6.04 Å². The first kappa shape index (κ1) is 27.2. The molecule has 0 bridgehead atoms. The zero-order valence-corrected chi connectivity index (χ0v) is 23.2. The van der Waals surface area contributed by atoms with E-state index in [1.807, 2.05) is 4.90 Å². The maximum atomic E-state index is 11.7. The van der Waals surface area contributed by atoms with Crippen LogP contribution in [0.2, 0.25) is 0 Å². The number of fused-ring (bicyclic) bond motifs is 1. The van der Waals surface area contributed by atoms with Gasteiger partial charge >= 0.3 is 0 Å². The first-order valence-electron chi connectivity index (χ1n) is 14.7. The van der Waals surface area contributed by atoms with E-state index in [0.717, 1.165) is 73.5 Å². The summed E-state index contributed by atoms with van der Waals surface area (Å²) in [4.78, 5) is 34.6. The molecule has 2 aromatic rings. The van der Waals surface area contributed by atoms with Crippen molar-refractivity contribution in [3.63, 3.8) is 0 Å². The third-order valence-electron chi connectivity index (χ3n) is 8.76. The van der Waals surface area contributed by atoms with Gasteiger partial charge in [0.25, 0.3) is 0 Å². The number of likely N-dealkylation sites (tertiary alicyclic amines) is 1. The summed E-state index contributed by atoms with van der Waals surface area (Å²) in [5.74, 6) is 1.08. The number of piperidine rings is 2. The number of rotatable bonds is 11. The summed E-state index contributed by atoms with van der Waals surface area (Å²) < 4.78 is 0. The van der Waals surface area contributed by atoms with Crippen LogP contribution in [0.1, 0.15) is 80.2 Å². The second-order valence-corrected chi connectivity index (χ2v) is 11.3. The van der Waals surface area contributed by atoms with Crippen LogP contribution >= 0.6 is 0 Å². The van der Waals surface area contributed by atoms with Gasteiger partial charge in [0.05, 0.1) is 17.4 Å². The molecule has 2 unspecified atom stereocenters. The zero-order valence-electron chi connectivity index (χ0n) is 23.2. The van der Waals surface area contributed by atoms with E-state index in [0.29, 0.717) is 25.4 Å². The number of hydrogen-bond acceptors (Lipinski definition) is 6. The minimum absolute atomic E-state index is 0.303. The molecule has 0 saturated carbocycles. The van der Waals surface area contributed by atoms with Crippen molar-refractivity contribution in [1.29, 1.82) is 0 Å². The molecule has 0 spiro atoms. The SMILES string of the molecule is C=C1c2ccc(CCC3CCCCN3C(=C)c3cccc(N4CCCCC4)n3)cc2CN1C(C=O)CCC=O. The molecule has 3 aliphatic rings. The van der Waals surface area contributed by atoms with Gasteiger partial charge in [-0.15, -0.1) is 0 Å². The Morgan fingerprint density at radius 1 is 1.05 bits per heavy atom. The number of benzene rings is 1. The number of anilines is 1. The highest BCUT2D eigenvalue weighted by molar-refractivity contribution is 5.73. The third kappa shape index (κ3) is 6.10. The summed E-state index contributed by atoms with van der Waals surface area (Å²) in [5.41, 5.74) is 6.59. The van der Waals surface area contributed by atoms with Crippen molar-refractivity contribution in [2.24, 2.45) is 0 Å². The predicted molar refractivity (Wildman–Crippen MR) is 158 cm³/mol. The molecule has 1 aromatic heterocycles.